The van der Waals surface area contributed by atoms with Crippen LogP contribution in [0.15, 0.2) is 77.8 Å². The first-order chi connectivity index (χ1) is 21.0. The highest BCUT2D eigenvalue weighted by Gasteiger charge is 2.20. The topological polar surface area (TPSA) is 135 Å². The molecule has 1 unspecified atom stereocenters. The number of tetrazole rings is 1. The van der Waals surface area contributed by atoms with E-state index in [1.54, 1.807) is 29.6 Å². The quantitative estimate of drug-likeness (QED) is 0.0657. The molecule has 3 N–H and O–H groups in total. The number of halogens is 1. The van der Waals surface area contributed by atoms with Gasteiger partial charge in [0, 0.05) is 21.6 Å². The summed E-state index contributed by atoms with van der Waals surface area (Å²) in [7, 11) is 0. The molecule has 1 atom stereocenters. The first kappa shape index (κ1) is 29.8. The summed E-state index contributed by atoms with van der Waals surface area (Å²) in [6, 6.07) is 22.4. The van der Waals surface area contributed by atoms with Crippen molar-refractivity contribution in [2.45, 2.75) is 50.6 Å². The standard InChI is InChI=1S/C31H30ClN9OS/c32-26-14-10-24(11-15-26)28(19-43)35-31(34-20-33)41(27-16-12-23(13-17-27)22-4-2-1-3-5-22)18-21-6-8-25(9-7-21)29(42)36-30-37-39-40-38-30/h6-17,19,22,28H,1-5,18H2,(H,34,35)(H2,36,37,38,39,40,42). The van der Waals surface area contributed by atoms with E-state index in [9.17, 15) is 10.1 Å². The van der Waals surface area contributed by atoms with Crippen molar-refractivity contribution >= 4 is 52.7 Å². The summed E-state index contributed by atoms with van der Waals surface area (Å²) >= 11 is 11.4. The van der Waals surface area contributed by atoms with Gasteiger partial charge in [-0.2, -0.15) is 10.5 Å². The average molecular weight is 612 g/mol. The molecule has 0 spiro atoms. The minimum Gasteiger partial charge on any atom is -0.307 e. The van der Waals surface area contributed by atoms with Crippen molar-refractivity contribution in [2.75, 3.05) is 10.2 Å². The maximum absolute atomic E-state index is 12.6. The summed E-state index contributed by atoms with van der Waals surface area (Å²) in [5, 5.41) is 30.5. The largest absolute Gasteiger partial charge is 0.307 e. The smallest absolute Gasteiger partial charge is 0.270 e. The Morgan fingerprint density at radius 3 is 2.44 bits per heavy atom. The number of anilines is 2. The Morgan fingerprint density at radius 2 is 1.81 bits per heavy atom. The fourth-order valence-electron chi connectivity index (χ4n) is 5.18. The molecule has 218 valence electrons. The zero-order valence-electron chi connectivity index (χ0n) is 23.3. The van der Waals surface area contributed by atoms with E-state index in [2.05, 4.69) is 55.5 Å². The Bertz CT molecular complexity index is 1580. The number of nitriles is 1. The van der Waals surface area contributed by atoms with E-state index in [1.807, 2.05) is 35.4 Å². The fraction of sp³-hybridized carbons (Fsp3) is 0.258. The van der Waals surface area contributed by atoms with Gasteiger partial charge in [0.05, 0.1) is 6.54 Å². The number of carbonyl (C=O) groups is 1. The number of benzene rings is 3. The van der Waals surface area contributed by atoms with Crippen molar-refractivity contribution in [3.8, 4) is 6.19 Å². The summed E-state index contributed by atoms with van der Waals surface area (Å²) in [6.07, 6.45) is 8.26. The number of rotatable bonds is 9. The highest BCUT2D eigenvalue weighted by Crippen LogP contribution is 2.33. The Hall–Kier alpha value is -4.66. The molecule has 0 bridgehead atoms. The third kappa shape index (κ3) is 7.80. The summed E-state index contributed by atoms with van der Waals surface area (Å²) < 4.78 is 0. The molecule has 1 aliphatic carbocycles. The highest BCUT2D eigenvalue weighted by atomic mass is 35.5. The molecule has 1 heterocycles. The van der Waals surface area contributed by atoms with E-state index < -0.39 is 6.04 Å². The van der Waals surface area contributed by atoms with Gasteiger partial charge in [0.1, 0.15) is 6.04 Å². The Kier molecular flexibility index (Phi) is 10.0. The van der Waals surface area contributed by atoms with Crippen molar-refractivity contribution in [3.63, 3.8) is 0 Å². The van der Waals surface area contributed by atoms with Gasteiger partial charge in [-0.3, -0.25) is 15.4 Å². The van der Waals surface area contributed by atoms with Crippen molar-refractivity contribution in [1.29, 1.82) is 5.26 Å². The molecule has 1 saturated carbocycles. The van der Waals surface area contributed by atoms with Crippen LogP contribution in [0.4, 0.5) is 11.6 Å². The number of hydrogen-bond acceptors (Lipinski definition) is 7. The van der Waals surface area contributed by atoms with E-state index in [1.165, 1.54) is 37.7 Å². The molecule has 1 fully saturated rings. The number of H-pyrrole nitrogens is 1. The zero-order chi connectivity index (χ0) is 30.0. The van der Waals surface area contributed by atoms with Crippen LogP contribution in [-0.4, -0.2) is 37.9 Å². The van der Waals surface area contributed by atoms with Crippen molar-refractivity contribution in [3.05, 3.63) is 100 Å². The first-order valence-electron chi connectivity index (χ1n) is 14.0. The Labute approximate surface area is 260 Å². The summed E-state index contributed by atoms with van der Waals surface area (Å²) in [4.78, 5) is 19.4. The molecule has 3 aromatic carbocycles. The number of nitrogens with zero attached hydrogens (tertiary/aromatic N) is 6. The number of aromatic nitrogens is 4. The van der Waals surface area contributed by atoms with Gasteiger partial charge in [0.25, 0.3) is 11.9 Å². The van der Waals surface area contributed by atoms with E-state index >= 15 is 0 Å². The van der Waals surface area contributed by atoms with Crippen LogP contribution >= 0.6 is 23.8 Å². The van der Waals surface area contributed by atoms with Crippen LogP contribution in [0, 0.1) is 11.5 Å². The minimum atomic E-state index is -0.497. The summed E-state index contributed by atoms with van der Waals surface area (Å²) in [5.41, 5.74) is 4.36. The number of aliphatic imine (C=N–C) groups is 1. The molecule has 4 aromatic rings. The predicted molar refractivity (Wildman–Crippen MR) is 171 cm³/mol. The Morgan fingerprint density at radius 1 is 1.09 bits per heavy atom. The van der Waals surface area contributed by atoms with Gasteiger partial charge in [-0.25, -0.2) is 4.99 Å². The van der Waals surface area contributed by atoms with Crippen LogP contribution in [-0.2, 0) is 6.54 Å². The number of hydrogen-bond donors (Lipinski definition) is 3. The van der Waals surface area contributed by atoms with E-state index in [-0.39, 0.29) is 11.9 Å². The van der Waals surface area contributed by atoms with Crippen molar-refractivity contribution in [2.24, 2.45) is 4.99 Å². The van der Waals surface area contributed by atoms with Gasteiger partial charge in [-0.15, -0.1) is 5.10 Å². The molecule has 43 heavy (non-hydrogen) atoms. The van der Waals surface area contributed by atoms with Gasteiger partial charge >= 0.3 is 0 Å². The van der Waals surface area contributed by atoms with Crippen LogP contribution in [0.3, 0.4) is 0 Å². The molecule has 12 heteroatoms. The molecule has 1 aliphatic rings. The number of nitrogens with one attached hydrogen (secondary N) is 3. The number of thiocarbonyl (C=S) groups is 1. The fourth-order valence-corrected chi connectivity index (χ4v) is 5.52. The monoisotopic (exact) mass is 611 g/mol. The molecule has 1 amide bonds. The molecule has 10 nitrogen and oxygen atoms in total. The lowest BCUT2D eigenvalue weighted by Gasteiger charge is -2.27. The molecule has 0 saturated heterocycles. The molecular formula is C31H30ClN9OS. The molecule has 0 aliphatic heterocycles. The first-order valence-corrected chi connectivity index (χ1v) is 14.8. The second-order valence-corrected chi connectivity index (χ2v) is 10.9. The normalized spacial score (nSPS) is 14.4. The molecule has 1 aromatic heterocycles. The van der Waals surface area contributed by atoms with Gasteiger partial charge in [0.15, 0.2) is 6.19 Å². The number of aromatic amines is 1. The van der Waals surface area contributed by atoms with Gasteiger partial charge < -0.3 is 4.90 Å². The van der Waals surface area contributed by atoms with Crippen LogP contribution in [0.2, 0.25) is 5.02 Å². The van der Waals surface area contributed by atoms with E-state index in [0.717, 1.165) is 16.8 Å². The second-order valence-electron chi connectivity index (χ2n) is 10.2. The minimum absolute atomic E-state index is 0.0918. The highest BCUT2D eigenvalue weighted by molar-refractivity contribution is 7.79. The molecule has 5 rings (SSSR count). The maximum atomic E-state index is 12.6. The van der Waals surface area contributed by atoms with Crippen LogP contribution < -0.4 is 15.5 Å². The SMILES string of the molecule is N#CNC(=NC(C=S)c1ccc(Cl)cc1)N(Cc1ccc(C(=O)Nc2nn[nH]n2)cc1)c1ccc(C2CCCCC2)cc1. The lowest BCUT2D eigenvalue weighted by Crippen LogP contribution is -2.39. The van der Waals surface area contributed by atoms with Crippen molar-refractivity contribution in [1.82, 2.24) is 25.9 Å². The number of carbonyl (C=O) groups excluding carboxylic acids is 1. The second kappa shape index (κ2) is 14.5. The van der Waals surface area contributed by atoms with Crippen LogP contribution in [0.1, 0.15) is 71.1 Å². The number of amides is 1. The van der Waals surface area contributed by atoms with Gasteiger partial charge in [0.2, 0.25) is 5.96 Å². The maximum Gasteiger partial charge on any atom is 0.270 e. The van der Waals surface area contributed by atoms with E-state index in [0.29, 0.717) is 29.0 Å². The lowest BCUT2D eigenvalue weighted by atomic mass is 9.84. The predicted octanol–water partition coefficient (Wildman–Crippen LogP) is 6.33. The molecule has 0 radical (unpaired) electrons. The van der Waals surface area contributed by atoms with Crippen molar-refractivity contribution < 1.29 is 4.79 Å². The molecular weight excluding hydrogens is 582 g/mol. The van der Waals surface area contributed by atoms with Crippen LogP contribution in [0.25, 0.3) is 0 Å². The lowest BCUT2D eigenvalue weighted by molar-refractivity contribution is 0.102. The summed E-state index contributed by atoms with van der Waals surface area (Å²) in [6.45, 7) is 0.369. The third-order valence-electron chi connectivity index (χ3n) is 7.43. The van der Waals surface area contributed by atoms with Gasteiger partial charge in [-0.1, -0.05) is 84.6 Å². The third-order valence-corrected chi connectivity index (χ3v) is 7.94. The zero-order valence-corrected chi connectivity index (χ0v) is 24.9. The van der Waals surface area contributed by atoms with Gasteiger partial charge in [-0.05, 0) is 77.1 Å². The number of guanidine groups is 1. The van der Waals surface area contributed by atoms with E-state index in [4.69, 9.17) is 28.8 Å². The van der Waals surface area contributed by atoms with Crippen LogP contribution in [0.5, 0.6) is 0 Å². The summed E-state index contributed by atoms with van der Waals surface area (Å²) in [5.74, 6) is 0.641. The average Bonchev–Trinajstić information content (AvgIpc) is 3.56. The Balaban J connectivity index is 1.45.